The first-order valence-corrected chi connectivity index (χ1v) is 6.95. The van der Waals surface area contributed by atoms with Gasteiger partial charge in [0.15, 0.2) is 0 Å². The average molecular weight is 358 g/mol. The van der Waals surface area contributed by atoms with Crippen molar-refractivity contribution in [1.29, 1.82) is 0 Å². The molecule has 0 aliphatic rings. The minimum atomic E-state index is -0.372. The molecule has 1 aromatic heterocycles. The van der Waals surface area contributed by atoms with E-state index in [0.29, 0.717) is 27.0 Å². The number of hydrogen-bond acceptors (Lipinski definition) is 2. The number of aromatic nitrogens is 1. The highest BCUT2D eigenvalue weighted by molar-refractivity contribution is 9.10. The van der Waals surface area contributed by atoms with Crippen molar-refractivity contribution < 1.29 is 9.18 Å². The molecule has 0 spiro atoms. The first kappa shape index (κ1) is 14.9. The normalized spacial score (nSPS) is 10.4. The topological polar surface area (TPSA) is 42.0 Å². The lowest BCUT2D eigenvalue weighted by Gasteiger charge is -2.10. The SMILES string of the molecule is Cc1cc(C(=O)Nc2cc(Br)c(F)cc2C)cc(Cl)n1. The van der Waals surface area contributed by atoms with Crippen molar-refractivity contribution in [3.8, 4) is 0 Å². The van der Waals surface area contributed by atoms with Crippen LogP contribution < -0.4 is 5.32 Å². The van der Waals surface area contributed by atoms with Crippen molar-refractivity contribution in [3.05, 3.63) is 56.5 Å². The van der Waals surface area contributed by atoms with Crippen LogP contribution in [-0.4, -0.2) is 10.9 Å². The summed E-state index contributed by atoms with van der Waals surface area (Å²) in [5.41, 5.74) is 2.23. The standard InChI is InChI=1S/C14H11BrClFN2O/c1-7-3-11(17)10(15)6-12(7)19-14(20)9-4-8(2)18-13(16)5-9/h3-6H,1-2H3,(H,19,20). The van der Waals surface area contributed by atoms with Crippen LogP contribution in [0.4, 0.5) is 10.1 Å². The van der Waals surface area contributed by atoms with Crippen molar-refractivity contribution >= 4 is 39.1 Å². The number of anilines is 1. The van der Waals surface area contributed by atoms with Gasteiger partial charge in [0.25, 0.3) is 5.91 Å². The van der Waals surface area contributed by atoms with E-state index in [-0.39, 0.29) is 16.9 Å². The average Bonchev–Trinajstić information content (AvgIpc) is 2.34. The van der Waals surface area contributed by atoms with E-state index in [1.54, 1.807) is 19.9 Å². The number of carbonyl (C=O) groups is 1. The maximum Gasteiger partial charge on any atom is 0.255 e. The van der Waals surface area contributed by atoms with Gasteiger partial charge in [-0.1, -0.05) is 11.6 Å². The van der Waals surface area contributed by atoms with E-state index in [9.17, 15) is 9.18 Å². The molecule has 6 heteroatoms. The fraction of sp³-hybridized carbons (Fsp3) is 0.143. The van der Waals surface area contributed by atoms with E-state index in [0.717, 1.165) is 0 Å². The lowest BCUT2D eigenvalue weighted by Crippen LogP contribution is -2.13. The molecule has 20 heavy (non-hydrogen) atoms. The molecule has 104 valence electrons. The Morgan fingerprint density at radius 3 is 2.65 bits per heavy atom. The van der Waals surface area contributed by atoms with Crippen LogP contribution in [0, 0.1) is 19.7 Å². The summed E-state index contributed by atoms with van der Waals surface area (Å²) in [4.78, 5) is 16.2. The molecule has 1 N–H and O–H groups in total. The van der Waals surface area contributed by atoms with E-state index >= 15 is 0 Å². The number of nitrogens with one attached hydrogen (secondary N) is 1. The lowest BCUT2D eigenvalue weighted by molar-refractivity contribution is 0.102. The first-order chi connectivity index (χ1) is 9.36. The summed E-state index contributed by atoms with van der Waals surface area (Å²) in [7, 11) is 0. The Bertz CT molecular complexity index is 671. The summed E-state index contributed by atoms with van der Waals surface area (Å²) in [6.45, 7) is 3.47. The Kier molecular flexibility index (Phi) is 4.40. The Balaban J connectivity index is 2.30. The Labute approximate surface area is 129 Å². The van der Waals surface area contributed by atoms with E-state index in [2.05, 4.69) is 26.2 Å². The zero-order chi connectivity index (χ0) is 14.9. The smallest absolute Gasteiger partial charge is 0.255 e. The predicted octanol–water partition coefficient (Wildman–Crippen LogP) is 4.51. The minimum absolute atomic E-state index is 0.257. The van der Waals surface area contributed by atoms with E-state index in [4.69, 9.17) is 11.6 Å². The molecular formula is C14H11BrClFN2O. The van der Waals surface area contributed by atoms with Crippen LogP contribution in [-0.2, 0) is 0 Å². The van der Waals surface area contributed by atoms with Gasteiger partial charge in [0, 0.05) is 16.9 Å². The molecule has 0 unspecified atom stereocenters. The molecule has 1 heterocycles. The fourth-order valence-electron chi connectivity index (χ4n) is 1.73. The highest BCUT2D eigenvalue weighted by Gasteiger charge is 2.11. The van der Waals surface area contributed by atoms with Crippen LogP contribution in [0.3, 0.4) is 0 Å². The zero-order valence-electron chi connectivity index (χ0n) is 10.8. The van der Waals surface area contributed by atoms with Crippen molar-refractivity contribution in [2.45, 2.75) is 13.8 Å². The van der Waals surface area contributed by atoms with Crippen LogP contribution in [0.5, 0.6) is 0 Å². The number of carbonyl (C=O) groups excluding carboxylic acids is 1. The summed E-state index contributed by atoms with van der Waals surface area (Å²) in [6, 6.07) is 6.00. The van der Waals surface area contributed by atoms with E-state index in [1.165, 1.54) is 18.2 Å². The van der Waals surface area contributed by atoms with Gasteiger partial charge in [0.05, 0.1) is 4.47 Å². The Morgan fingerprint density at radius 1 is 1.30 bits per heavy atom. The molecule has 2 rings (SSSR count). The highest BCUT2D eigenvalue weighted by Crippen LogP contribution is 2.25. The first-order valence-electron chi connectivity index (χ1n) is 5.78. The van der Waals surface area contributed by atoms with Gasteiger partial charge in [0.1, 0.15) is 11.0 Å². The molecule has 0 saturated heterocycles. The maximum atomic E-state index is 13.3. The van der Waals surface area contributed by atoms with Crippen LogP contribution >= 0.6 is 27.5 Å². The number of pyridine rings is 1. The molecule has 2 aromatic rings. The maximum absolute atomic E-state index is 13.3. The second kappa shape index (κ2) is 5.89. The minimum Gasteiger partial charge on any atom is -0.322 e. The molecule has 0 saturated carbocycles. The molecule has 3 nitrogen and oxygen atoms in total. The van der Waals surface area contributed by atoms with Gasteiger partial charge in [-0.15, -0.1) is 0 Å². The molecule has 1 aromatic carbocycles. The number of rotatable bonds is 2. The van der Waals surface area contributed by atoms with Gasteiger partial charge in [-0.05, 0) is 59.6 Å². The number of aryl methyl sites for hydroxylation is 2. The van der Waals surface area contributed by atoms with E-state index in [1.807, 2.05) is 0 Å². The predicted molar refractivity (Wildman–Crippen MR) is 80.8 cm³/mol. The Morgan fingerprint density at radius 2 is 2.00 bits per heavy atom. The summed E-state index contributed by atoms with van der Waals surface area (Å²) < 4.78 is 13.6. The third kappa shape index (κ3) is 3.35. The summed E-state index contributed by atoms with van der Waals surface area (Å²) in [5, 5.41) is 2.98. The number of amides is 1. The Hall–Kier alpha value is -1.46. The van der Waals surface area contributed by atoms with Gasteiger partial charge in [-0.25, -0.2) is 9.37 Å². The summed E-state index contributed by atoms with van der Waals surface area (Å²) >= 11 is 8.92. The molecular weight excluding hydrogens is 347 g/mol. The van der Waals surface area contributed by atoms with Gasteiger partial charge in [-0.3, -0.25) is 4.79 Å². The molecule has 0 bridgehead atoms. The number of hydrogen-bond donors (Lipinski definition) is 1. The van der Waals surface area contributed by atoms with Crippen molar-refractivity contribution in [2.75, 3.05) is 5.32 Å². The van der Waals surface area contributed by atoms with Crippen molar-refractivity contribution in [1.82, 2.24) is 4.98 Å². The van der Waals surface area contributed by atoms with E-state index < -0.39 is 0 Å². The second-order valence-corrected chi connectivity index (χ2v) is 5.60. The third-order valence-corrected chi connectivity index (χ3v) is 3.50. The number of nitrogens with zero attached hydrogens (tertiary/aromatic N) is 1. The quantitative estimate of drug-likeness (QED) is 0.804. The van der Waals surface area contributed by atoms with Crippen LogP contribution in [0.15, 0.2) is 28.7 Å². The monoisotopic (exact) mass is 356 g/mol. The summed E-state index contributed by atoms with van der Waals surface area (Å²) in [6.07, 6.45) is 0. The third-order valence-electron chi connectivity index (χ3n) is 2.70. The van der Waals surface area contributed by atoms with Crippen LogP contribution in [0.25, 0.3) is 0 Å². The molecule has 0 aliphatic heterocycles. The largest absolute Gasteiger partial charge is 0.322 e. The number of benzene rings is 1. The second-order valence-electron chi connectivity index (χ2n) is 4.36. The molecule has 1 amide bonds. The molecule has 0 aliphatic carbocycles. The van der Waals surface area contributed by atoms with Gasteiger partial charge >= 0.3 is 0 Å². The molecule has 0 atom stereocenters. The lowest BCUT2D eigenvalue weighted by atomic mass is 10.1. The van der Waals surface area contributed by atoms with Gasteiger partial charge in [-0.2, -0.15) is 0 Å². The van der Waals surface area contributed by atoms with Gasteiger partial charge < -0.3 is 5.32 Å². The summed E-state index contributed by atoms with van der Waals surface area (Å²) in [5.74, 6) is -0.692. The number of halogens is 3. The van der Waals surface area contributed by atoms with Crippen LogP contribution in [0.1, 0.15) is 21.6 Å². The molecule has 0 fully saturated rings. The van der Waals surface area contributed by atoms with Gasteiger partial charge in [0.2, 0.25) is 0 Å². The highest BCUT2D eigenvalue weighted by atomic mass is 79.9. The van der Waals surface area contributed by atoms with Crippen molar-refractivity contribution in [3.63, 3.8) is 0 Å². The van der Waals surface area contributed by atoms with Crippen LogP contribution in [0.2, 0.25) is 5.15 Å². The fourth-order valence-corrected chi connectivity index (χ4v) is 2.33. The van der Waals surface area contributed by atoms with Crippen molar-refractivity contribution in [2.24, 2.45) is 0 Å². The molecule has 0 radical (unpaired) electrons. The zero-order valence-corrected chi connectivity index (χ0v) is 13.1.